The highest BCUT2D eigenvalue weighted by atomic mass is 16.4. The molecule has 3 nitrogen and oxygen atoms in total. The van der Waals surface area contributed by atoms with Crippen molar-refractivity contribution in [2.24, 2.45) is 17.8 Å². The third-order valence-electron chi connectivity index (χ3n) is 3.50. The van der Waals surface area contributed by atoms with Crippen LogP contribution in [0, 0.1) is 17.8 Å². The van der Waals surface area contributed by atoms with Crippen LogP contribution in [0.15, 0.2) is 24.3 Å². The molecule has 0 saturated heterocycles. The Kier molecular flexibility index (Phi) is 5.20. The Morgan fingerprint density at radius 2 is 1.78 bits per heavy atom. The van der Waals surface area contributed by atoms with Gasteiger partial charge in [-0.25, -0.2) is 0 Å². The van der Waals surface area contributed by atoms with E-state index in [4.69, 9.17) is 10.8 Å². The maximum Gasteiger partial charge on any atom is 0.306 e. The average molecular weight is 249 g/mol. The van der Waals surface area contributed by atoms with Crippen LogP contribution in [0.3, 0.4) is 0 Å². The van der Waals surface area contributed by atoms with Crippen LogP contribution in [0.5, 0.6) is 0 Å². The Morgan fingerprint density at radius 3 is 2.22 bits per heavy atom. The van der Waals surface area contributed by atoms with Gasteiger partial charge in [0.15, 0.2) is 0 Å². The molecule has 1 aromatic rings. The largest absolute Gasteiger partial charge is 0.481 e. The standard InChI is InChI=1S/C15H23NO2/c1-10(2)13(8-11(3)15(17)18)9-12-4-6-14(16)7-5-12/h4-7,10-11,13H,8-9,16H2,1-3H3,(H,17,18)/t11-,13+/m0/s1. The highest BCUT2D eigenvalue weighted by Gasteiger charge is 2.21. The van der Waals surface area contributed by atoms with Crippen LogP contribution in [-0.4, -0.2) is 11.1 Å². The second kappa shape index (κ2) is 6.43. The van der Waals surface area contributed by atoms with Gasteiger partial charge < -0.3 is 10.8 Å². The van der Waals surface area contributed by atoms with Gasteiger partial charge in [-0.15, -0.1) is 0 Å². The van der Waals surface area contributed by atoms with Crippen LogP contribution in [-0.2, 0) is 11.2 Å². The van der Waals surface area contributed by atoms with Crippen molar-refractivity contribution in [3.05, 3.63) is 29.8 Å². The first-order valence-corrected chi connectivity index (χ1v) is 6.47. The number of anilines is 1. The predicted octanol–water partition coefficient (Wildman–Crippen LogP) is 3.19. The van der Waals surface area contributed by atoms with Gasteiger partial charge in [0.05, 0.1) is 5.92 Å². The Balaban J connectivity index is 2.68. The number of rotatable bonds is 6. The van der Waals surface area contributed by atoms with Crippen molar-refractivity contribution in [3.63, 3.8) is 0 Å². The molecule has 0 spiro atoms. The SMILES string of the molecule is CC(C)[C@@H](Cc1ccc(N)cc1)C[C@H](C)C(=O)O. The first kappa shape index (κ1) is 14.6. The lowest BCUT2D eigenvalue weighted by atomic mass is 9.82. The maximum absolute atomic E-state index is 10.9. The van der Waals surface area contributed by atoms with E-state index >= 15 is 0 Å². The smallest absolute Gasteiger partial charge is 0.306 e. The van der Waals surface area contributed by atoms with Gasteiger partial charge in [-0.2, -0.15) is 0 Å². The van der Waals surface area contributed by atoms with Crippen LogP contribution >= 0.6 is 0 Å². The Hall–Kier alpha value is -1.51. The van der Waals surface area contributed by atoms with Gasteiger partial charge in [-0.1, -0.05) is 32.9 Å². The molecule has 0 aliphatic heterocycles. The number of carboxylic acid groups (broad SMARTS) is 1. The van der Waals surface area contributed by atoms with Crippen molar-refractivity contribution in [3.8, 4) is 0 Å². The van der Waals surface area contributed by atoms with Gasteiger partial charge in [0.25, 0.3) is 0 Å². The third kappa shape index (κ3) is 4.40. The van der Waals surface area contributed by atoms with Gasteiger partial charge in [0.2, 0.25) is 0 Å². The van der Waals surface area contributed by atoms with Crippen LogP contribution in [0.2, 0.25) is 0 Å². The lowest BCUT2D eigenvalue weighted by Crippen LogP contribution is -2.20. The molecule has 1 rings (SSSR count). The molecule has 0 bridgehead atoms. The van der Waals surface area contributed by atoms with E-state index in [1.807, 2.05) is 24.3 Å². The first-order chi connectivity index (χ1) is 8.40. The quantitative estimate of drug-likeness (QED) is 0.761. The molecule has 1 aromatic carbocycles. The Bertz CT molecular complexity index is 384. The average Bonchev–Trinajstić information content (AvgIpc) is 2.30. The summed E-state index contributed by atoms with van der Waals surface area (Å²) in [6.45, 7) is 6.08. The summed E-state index contributed by atoms with van der Waals surface area (Å²) < 4.78 is 0. The first-order valence-electron chi connectivity index (χ1n) is 6.47. The molecule has 0 aliphatic rings. The van der Waals surface area contributed by atoms with Gasteiger partial charge in [-0.05, 0) is 42.4 Å². The van der Waals surface area contributed by atoms with E-state index in [1.165, 1.54) is 5.56 Å². The van der Waals surface area contributed by atoms with Crippen molar-refractivity contribution >= 4 is 11.7 Å². The minimum absolute atomic E-state index is 0.286. The molecular formula is C15H23NO2. The second-order valence-corrected chi connectivity index (χ2v) is 5.42. The number of hydrogen-bond donors (Lipinski definition) is 2. The molecule has 0 radical (unpaired) electrons. The number of hydrogen-bond acceptors (Lipinski definition) is 2. The Morgan fingerprint density at radius 1 is 1.22 bits per heavy atom. The summed E-state index contributed by atoms with van der Waals surface area (Å²) in [6, 6.07) is 7.84. The summed E-state index contributed by atoms with van der Waals surface area (Å²) in [6.07, 6.45) is 1.63. The number of carboxylic acids is 1. The van der Waals surface area contributed by atoms with Crippen molar-refractivity contribution in [2.75, 3.05) is 5.73 Å². The van der Waals surface area contributed by atoms with Gasteiger partial charge >= 0.3 is 5.97 Å². The molecular weight excluding hydrogens is 226 g/mol. The van der Waals surface area contributed by atoms with E-state index in [0.717, 1.165) is 18.5 Å². The molecule has 3 heteroatoms. The summed E-state index contributed by atoms with van der Waals surface area (Å²) in [5.41, 5.74) is 7.65. The summed E-state index contributed by atoms with van der Waals surface area (Å²) >= 11 is 0. The Labute approximate surface area is 109 Å². The van der Waals surface area contributed by atoms with Gasteiger partial charge in [0.1, 0.15) is 0 Å². The molecule has 0 amide bonds. The zero-order chi connectivity index (χ0) is 13.7. The number of carbonyl (C=O) groups is 1. The molecule has 0 heterocycles. The topological polar surface area (TPSA) is 63.3 Å². The fraction of sp³-hybridized carbons (Fsp3) is 0.533. The predicted molar refractivity (Wildman–Crippen MR) is 74.3 cm³/mol. The van der Waals surface area contributed by atoms with Crippen molar-refractivity contribution in [2.45, 2.75) is 33.6 Å². The lowest BCUT2D eigenvalue weighted by Gasteiger charge is -2.23. The molecule has 0 aromatic heterocycles. The van der Waals surface area contributed by atoms with Crippen LogP contribution < -0.4 is 5.73 Å². The minimum atomic E-state index is -0.710. The fourth-order valence-electron chi connectivity index (χ4n) is 2.10. The number of benzene rings is 1. The third-order valence-corrected chi connectivity index (χ3v) is 3.50. The molecule has 2 atom stereocenters. The summed E-state index contributed by atoms with van der Waals surface area (Å²) in [5.74, 6) is -0.131. The maximum atomic E-state index is 10.9. The van der Waals surface area contributed by atoms with Gasteiger partial charge in [0, 0.05) is 5.69 Å². The van der Waals surface area contributed by atoms with Gasteiger partial charge in [-0.3, -0.25) is 4.79 Å². The van der Waals surface area contributed by atoms with Crippen molar-refractivity contribution in [1.82, 2.24) is 0 Å². The summed E-state index contributed by atoms with van der Waals surface area (Å²) in [4.78, 5) is 10.9. The fourth-order valence-corrected chi connectivity index (χ4v) is 2.10. The monoisotopic (exact) mass is 249 g/mol. The number of nitrogens with two attached hydrogens (primary N) is 1. The zero-order valence-corrected chi connectivity index (χ0v) is 11.4. The van der Waals surface area contributed by atoms with Crippen molar-refractivity contribution in [1.29, 1.82) is 0 Å². The molecule has 100 valence electrons. The molecule has 0 aliphatic carbocycles. The summed E-state index contributed by atoms with van der Waals surface area (Å²) in [7, 11) is 0. The highest BCUT2D eigenvalue weighted by Crippen LogP contribution is 2.25. The summed E-state index contributed by atoms with van der Waals surface area (Å²) in [5, 5.41) is 9.00. The minimum Gasteiger partial charge on any atom is -0.481 e. The van der Waals surface area contributed by atoms with E-state index in [2.05, 4.69) is 13.8 Å². The van der Waals surface area contributed by atoms with E-state index < -0.39 is 5.97 Å². The van der Waals surface area contributed by atoms with E-state index in [1.54, 1.807) is 6.92 Å². The van der Waals surface area contributed by atoms with Crippen molar-refractivity contribution < 1.29 is 9.90 Å². The highest BCUT2D eigenvalue weighted by molar-refractivity contribution is 5.69. The van der Waals surface area contributed by atoms with Crippen LogP contribution in [0.4, 0.5) is 5.69 Å². The molecule has 0 saturated carbocycles. The van der Waals surface area contributed by atoms with E-state index in [9.17, 15) is 4.79 Å². The molecule has 18 heavy (non-hydrogen) atoms. The zero-order valence-electron chi connectivity index (χ0n) is 11.4. The van der Waals surface area contributed by atoms with E-state index in [-0.39, 0.29) is 5.92 Å². The van der Waals surface area contributed by atoms with E-state index in [0.29, 0.717) is 11.8 Å². The second-order valence-electron chi connectivity index (χ2n) is 5.42. The number of nitrogen functional groups attached to an aromatic ring is 1. The molecule has 0 fully saturated rings. The normalized spacial score (nSPS) is 14.4. The van der Waals surface area contributed by atoms with Crippen LogP contribution in [0.1, 0.15) is 32.8 Å². The van der Waals surface area contributed by atoms with Crippen LogP contribution in [0.25, 0.3) is 0 Å². The number of aliphatic carboxylic acids is 1. The molecule has 3 N–H and O–H groups in total. The molecule has 0 unspecified atom stereocenters. The lowest BCUT2D eigenvalue weighted by molar-refractivity contribution is -0.141.